The molecule has 0 atom stereocenters. The van der Waals surface area contributed by atoms with Crippen molar-refractivity contribution in [2.24, 2.45) is 0 Å². The van der Waals surface area contributed by atoms with Gasteiger partial charge in [-0.25, -0.2) is 0 Å². The van der Waals surface area contributed by atoms with E-state index in [-0.39, 0.29) is 5.41 Å². The van der Waals surface area contributed by atoms with E-state index in [1.807, 2.05) is 48.2 Å². The topological polar surface area (TPSA) is 21.7 Å². The zero-order valence-corrected chi connectivity index (χ0v) is 28.1. The molecule has 0 aromatic heterocycles. The van der Waals surface area contributed by atoms with E-state index >= 15 is 0 Å². The van der Waals surface area contributed by atoms with Gasteiger partial charge in [-0.2, -0.15) is 0 Å². The summed E-state index contributed by atoms with van der Waals surface area (Å²) < 4.78 is 13.0. The molecule has 0 N–H and O–H groups in total. The minimum atomic E-state index is -0.166. The molecular formula is C45H33NO2S. The number of hydrogen-bond acceptors (Lipinski definition) is 4. The Morgan fingerprint density at radius 2 is 1.04 bits per heavy atom. The maximum Gasteiger partial charge on any atom is 0.194 e. The average molecular weight is 652 g/mol. The molecule has 0 spiro atoms. The van der Waals surface area contributed by atoms with Crippen molar-refractivity contribution in [2.45, 2.75) is 29.1 Å². The summed E-state index contributed by atoms with van der Waals surface area (Å²) in [6.45, 7) is 4.66. The van der Waals surface area contributed by atoms with Crippen molar-refractivity contribution in [3.63, 3.8) is 0 Å². The lowest BCUT2D eigenvalue weighted by Crippen LogP contribution is -2.25. The number of rotatable bonds is 5. The molecule has 0 saturated heterocycles. The lowest BCUT2D eigenvalue weighted by Gasteiger charge is -2.38. The molecule has 7 aromatic carbocycles. The monoisotopic (exact) mass is 651 g/mol. The van der Waals surface area contributed by atoms with E-state index in [1.165, 1.54) is 37.6 Å². The van der Waals surface area contributed by atoms with Crippen LogP contribution in [-0.4, -0.2) is 0 Å². The van der Waals surface area contributed by atoms with Crippen LogP contribution in [-0.2, 0) is 5.41 Å². The van der Waals surface area contributed by atoms with Gasteiger partial charge in [-0.1, -0.05) is 135 Å². The first-order valence-electron chi connectivity index (χ1n) is 16.6. The minimum absolute atomic E-state index is 0.166. The van der Waals surface area contributed by atoms with Gasteiger partial charge >= 0.3 is 0 Å². The zero-order chi connectivity index (χ0) is 33.0. The lowest BCUT2D eigenvalue weighted by atomic mass is 9.77. The fourth-order valence-electron chi connectivity index (χ4n) is 7.06. The fraction of sp³-hybridized carbons (Fsp3) is 0.0667. The Balaban J connectivity index is 1.20. The Hall–Kier alpha value is -5.71. The third-order valence-corrected chi connectivity index (χ3v) is 10.8. The predicted octanol–water partition coefficient (Wildman–Crippen LogP) is 13.2. The number of benzene rings is 7. The first-order valence-corrected chi connectivity index (χ1v) is 17.4. The second kappa shape index (κ2) is 11.8. The van der Waals surface area contributed by atoms with Crippen LogP contribution in [0.1, 0.15) is 25.0 Å². The maximum absolute atomic E-state index is 6.65. The third-order valence-electron chi connectivity index (χ3n) is 9.59. The van der Waals surface area contributed by atoms with Gasteiger partial charge in [0.05, 0.1) is 11.4 Å². The van der Waals surface area contributed by atoms with E-state index in [9.17, 15) is 0 Å². The van der Waals surface area contributed by atoms with Crippen LogP contribution in [0, 0.1) is 0 Å². The quantitative estimate of drug-likeness (QED) is 0.185. The SMILES string of the molecule is CC1(C)c2ccccc2Sc2c(N(c3ccc(-c4cccc(-c5ccccc5)c4)cc3)c3cccc4c3Oc3ccccc3O4)cccc21. The van der Waals surface area contributed by atoms with Crippen molar-refractivity contribution < 1.29 is 9.47 Å². The predicted molar refractivity (Wildman–Crippen MR) is 201 cm³/mol. The van der Waals surface area contributed by atoms with Gasteiger partial charge in [-0.05, 0) is 88.0 Å². The number of para-hydroxylation sites is 3. The standard InChI is InChI=1S/C45H33NO2S/c1-45(2)35-17-6-9-24-42(35)49-44-36(45)18-11-20-38(44)46(37-19-12-23-41-43(37)48-40-22-8-7-21-39(40)47-41)34-27-25-31(26-28-34)33-16-10-15-32(29-33)30-13-4-3-5-14-30/h3-29H,1-2H3. The first-order chi connectivity index (χ1) is 24.0. The van der Waals surface area contributed by atoms with Gasteiger partial charge in [-0.3, -0.25) is 0 Å². The van der Waals surface area contributed by atoms with E-state index in [0.717, 1.165) is 22.6 Å². The van der Waals surface area contributed by atoms with E-state index < -0.39 is 0 Å². The highest BCUT2D eigenvalue weighted by Crippen LogP contribution is 2.57. The molecule has 9 rings (SSSR count). The van der Waals surface area contributed by atoms with Crippen LogP contribution in [0.4, 0.5) is 17.1 Å². The molecule has 7 aromatic rings. The molecule has 0 aliphatic carbocycles. The van der Waals surface area contributed by atoms with Crippen LogP contribution in [0.3, 0.4) is 0 Å². The molecule has 236 valence electrons. The number of nitrogens with zero attached hydrogens (tertiary/aromatic N) is 1. The summed E-state index contributed by atoms with van der Waals surface area (Å²) >= 11 is 1.84. The highest BCUT2D eigenvalue weighted by molar-refractivity contribution is 7.99. The Labute approximate surface area is 291 Å². The second-order valence-electron chi connectivity index (χ2n) is 13.0. The number of hydrogen-bond donors (Lipinski definition) is 0. The maximum atomic E-state index is 6.65. The molecular weight excluding hydrogens is 619 g/mol. The molecule has 4 heteroatoms. The van der Waals surface area contributed by atoms with E-state index in [4.69, 9.17) is 9.47 Å². The Morgan fingerprint density at radius 3 is 1.84 bits per heavy atom. The van der Waals surface area contributed by atoms with Crippen LogP contribution in [0.2, 0.25) is 0 Å². The summed E-state index contributed by atoms with van der Waals surface area (Å²) in [5.41, 5.74) is 10.3. The van der Waals surface area contributed by atoms with Gasteiger partial charge in [-0.15, -0.1) is 0 Å². The smallest absolute Gasteiger partial charge is 0.194 e. The summed E-state index contributed by atoms with van der Waals surface area (Å²) in [6, 6.07) is 57.6. The summed E-state index contributed by atoms with van der Waals surface area (Å²) in [6.07, 6.45) is 0. The summed E-state index contributed by atoms with van der Waals surface area (Å²) in [5, 5.41) is 0. The number of fused-ring (bicyclic) bond motifs is 4. The number of anilines is 3. The van der Waals surface area contributed by atoms with Crippen LogP contribution >= 0.6 is 11.8 Å². The molecule has 2 heterocycles. The second-order valence-corrected chi connectivity index (χ2v) is 14.0. The highest BCUT2D eigenvalue weighted by atomic mass is 32.2. The molecule has 0 saturated carbocycles. The normalized spacial score (nSPS) is 13.5. The van der Waals surface area contributed by atoms with Crippen LogP contribution in [0.5, 0.6) is 23.0 Å². The Bertz CT molecular complexity index is 2350. The molecule has 0 fully saturated rings. The molecule has 3 nitrogen and oxygen atoms in total. The van der Waals surface area contributed by atoms with Crippen molar-refractivity contribution in [3.05, 3.63) is 175 Å². The summed E-state index contributed by atoms with van der Waals surface area (Å²) in [4.78, 5) is 4.85. The van der Waals surface area contributed by atoms with E-state index in [1.54, 1.807) is 0 Å². The summed E-state index contributed by atoms with van der Waals surface area (Å²) in [5.74, 6) is 2.81. The van der Waals surface area contributed by atoms with Gasteiger partial charge in [0.25, 0.3) is 0 Å². The van der Waals surface area contributed by atoms with Gasteiger partial charge < -0.3 is 14.4 Å². The Morgan fingerprint density at radius 1 is 0.469 bits per heavy atom. The van der Waals surface area contributed by atoms with Crippen molar-refractivity contribution in [1.82, 2.24) is 0 Å². The van der Waals surface area contributed by atoms with Crippen molar-refractivity contribution in [2.75, 3.05) is 4.90 Å². The lowest BCUT2D eigenvalue weighted by molar-refractivity contribution is 0.360. The van der Waals surface area contributed by atoms with Crippen LogP contribution in [0.25, 0.3) is 22.3 Å². The van der Waals surface area contributed by atoms with Crippen molar-refractivity contribution in [1.29, 1.82) is 0 Å². The molecule has 0 amide bonds. The molecule has 0 unspecified atom stereocenters. The highest BCUT2D eigenvalue weighted by Gasteiger charge is 2.36. The van der Waals surface area contributed by atoms with Crippen LogP contribution in [0.15, 0.2) is 174 Å². The molecule has 0 radical (unpaired) electrons. The minimum Gasteiger partial charge on any atom is -0.449 e. The van der Waals surface area contributed by atoms with Crippen LogP contribution < -0.4 is 14.4 Å². The van der Waals surface area contributed by atoms with E-state index in [0.29, 0.717) is 23.0 Å². The molecule has 2 aliphatic heterocycles. The number of ether oxygens (including phenoxy) is 2. The fourth-order valence-corrected chi connectivity index (χ4v) is 8.55. The molecule has 0 bridgehead atoms. The van der Waals surface area contributed by atoms with Gasteiger partial charge in [0.1, 0.15) is 0 Å². The van der Waals surface area contributed by atoms with Gasteiger partial charge in [0.2, 0.25) is 0 Å². The third kappa shape index (κ3) is 5.08. The van der Waals surface area contributed by atoms with Crippen molar-refractivity contribution in [3.8, 4) is 45.3 Å². The van der Waals surface area contributed by atoms with Gasteiger partial charge in [0.15, 0.2) is 23.0 Å². The zero-order valence-electron chi connectivity index (χ0n) is 27.3. The Kier molecular flexibility index (Phi) is 7.07. The molecule has 2 aliphatic rings. The molecule has 49 heavy (non-hydrogen) atoms. The van der Waals surface area contributed by atoms with Crippen molar-refractivity contribution >= 4 is 28.8 Å². The largest absolute Gasteiger partial charge is 0.449 e. The van der Waals surface area contributed by atoms with Gasteiger partial charge in [0, 0.05) is 20.9 Å². The summed E-state index contributed by atoms with van der Waals surface area (Å²) in [7, 11) is 0. The average Bonchev–Trinajstić information content (AvgIpc) is 3.15. The van der Waals surface area contributed by atoms with E-state index in [2.05, 4.69) is 146 Å². The first kappa shape index (κ1) is 29.4.